The second-order valence-corrected chi connectivity index (χ2v) is 9.19. The molecule has 0 N–H and O–H groups in total. The van der Waals surface area contributed by atoms with Gasteiger partial charge in [0, 0.05) is 11.3 Å². The molecule has 0 aromatic heterocycles. The van der Waals surface area contributed by atoms with Crippen molar-refractivity contribution in [3.05, 3.63) is 167 Å². The molecule has 5 aromatic rings. The molecular weight excluding hydrogens is 408 g/mol. The third-order valence-electron chi connectivity index (χ3n) is 7.18. The van der Waals surface area contributed by atoms with Crippen LogP contribution in [0.2, 0.25) is 0 Å². The van der Waals surface area contributed by atoms with E-state index in [9.17, 15) is 0 Å². The van der Waals surface area contributed by atoms with Crippen molar-refractivity contribution in [2.24, 2.45) is 0 Å². The summed E-state index contributed by atoms with van der Waals surface area (Å²) in [5.74, 6) is 0.361. The van der Waals surface area contributed by atoms with E-state index < -0.39 is 0 Å². The minimum Gasteiger partial charge on any atom is -0.0622 e. The highest BCUT2D eigenvalue weighted by atomic mass is 14.3. The van der Waals surface area contributed by atoms with Gasteiger partial charge in [-0.05, 0) is 45.9 Å². The Hall–Kier alpha value is -3.90. The minimum atomic E-state index is -0.218. The largest absolute Gasteiger partial charge is 0.0622 e. The standard InChI is InChI=1S/C34H30/c1-26(27-13-6-3-7-14-27)29-15-12-16-30(25-29)28-21-23-33(24-22-28)34(2,31-17-8-4-9-18-31)32-19-10-5-11-20-32/h3-26H,1-2H3. The molecule has 34 heavy (non-hydrogen) atoms. The highest BCUT2D eigenvalue weighted by Gasteiger charge is 2.30. The molecule has 0 aliphatic rings. The summed E-state index contributed by atoms with van der Waals surface area (Å²) < 4.78 is 0. The predicted octanol–water partition coefficient (Wildman–Crippen LogP) is 8.86. The summed E-state index contributed by atoms with van der Waals surface area (Å²) >= 11 is 0. The van der Waals surface area contributed by atoms with E-state index >= 15 is 0 Å². The Kier molecular flexibility index (Phi) is 6.14. The van der Waals surface area contributed by atoms with Gasteiger partial charge in [-0.3, -0.25) is 0 Å². The number of hydrogen-bond donors (Lipinski definition) is 0. The van der Waals surface area contributed by atoms with Crippen molar-refractivity contribution in [1.29, 1.82) is 0 Å². The summed E-state index contributed by atoms with van der Waals surface area (Å²) in [5, 5.41) is 0. The lowest BCUT2D eigenvalue weighted by molar-refractivity contribution is 0.692. The topological polar surface area (TPSA) is 0 Å². The van der Waals surface area contributed by atoms with Crippen LogP contribution in [0.5, 0.6) is 0 Å². The molecule has 0 heteroatoms. The van der Waals surface area contributed by atoms with Crippen molar-refractivity contribution >= 4 is 0 Å². The van der Waals surface area contributed by atoms with Crippen molar-refractivity contribution in [1.82, 2.24) is 0 Å². The summed E-state index contributed by atoms with van der Waals surface area (Å²) in [4.78, 5) is 0. The monoisotopic (exact) mass is 438 g/mol. The molecule has 5 aromatic carbocycles. The van der Waals surface area contributed by atoms with Crippen molar-refractivity contribution < 1.29 is 0 Å². The Labute approximate surface area is 203 Å². The molecule has 0 saturated carbocycles. The van der Waals surface area contributed by atoms with Gasteiger partial charge in [0.1, 0.15) is 0 Å². The van der Waals surface area contributed by atoms with Crippen LogP contribution in [-0.4, -0.2) is 0 Å². The van der Waals surface area contributed by atoms with Crippen LogP contribution in [0.4, 0.5) is 0 Å². The first-order valence-electron chi connectivity index (χ1n) is 12.0. The molecule has 0 bridgehead atoms. The van der Waals surface area contributed by atoms with Gasteiger partial charge < -0.3 is 0 Å². The van der Waals surface area contributed by atoms with Crippen molar-refractivity contribution in [3.63, 3.8) is 0 Å². The first-order chi connectivity index (χ1) is 16.7. The molecule has 0 amide bonds. The molecule has 0 spiro atoms. The molecule has 0 fully saturated rings. The number of hydrogen-bond acceptors (Lipinski definition) is 0. The van der Waals surface area contributed by atoms with Gasteiger partial charge in [0.2, 0.25) is 0 Å². The van der Waals surface area contributed by atoms with Gasteiger partial charge in [0.25, 0.3) is 0 Å². The van der Waals surface area contributed by atoms with Gasteiger partial charge in [-0.25, -0.2) is 0 Å². The second-order valence-electron chi connectivity index (χ2n) is 9.19. The van der Waals surface area contributed by atoms with E-state index in [1.807, 2.05) is 0 Å². The maximum atomic E-state index is 2.33. The molecular formula is C34H30. The Balaban J connectivity index is 1.51. The zero-order valence-corrected chi connectivity index (χ0v) is 19.9. The van der Waals surface area contributed by atoms with Crippen LogP contribution >= 0.6 is 0 Å². The van der Waals surface area contributed by atoms with E-state index in [0.29, 0.717) is 5.92 Å². The van der Waals surface area contributed by atoms with Gasteiger partial charge in [-0.1, -0.05) is 146 Å². The highest BCUT2D eigenvalue weighted by Crippen LogP contribution is 2.39. The number of rotatable bonds is 6. The normalized spacial score (nSPS) is 12.3. The maximum Gasteiger partial charge on any atom is 0.0423 e. The number of benzene rings is 5. The Morgan fingerprint density at radius 3 is 1.47 bits per heavy atom. The Morgan fingerprint density at radius 1 is 0.441 bits per heavy atom. The van der Waals surface area contributed by atoms with Gasteiger partial charge >= 0.3 is 0 Å². The van der Waals surface area contributed by atoms with Crippen LogP contribution in [0.3, 0.4) is 0 Å². The zero-order chi connectivity index (χ0) is 23.4. The third-order valence-corrected chi connectivity index (χ3v) is 7.18. The van der Waals surface area contributed by atoms with Gasteiger partial charge in [-0.15, -0.1) is 0 Å². The van der Waals surface area contributed by atoms with Gasteiger partial charge in [0.15, 0.2) is 0 Å². The van der Waals surface area contributed by atoms with E-state index in [2.05, 4.69) is 153 Å². The van der Waals surface area contributed by atoms with E-state index in [1.54, 1.807) is 0 Å². The van der Waals surface area contributed by atoms with Crippen molar-refractivity contribution in [3.8, 4) is 11.1 Å². The van der Waals surface area contributed by atoms with Gasteiger partial charge in [0.05, 0.1) is 0 Å². The lowest BCUT2D eigenvalue weighted by atomic mass is 9.71. The molecule has 0 aliphatic heterocycles. The molecule has 0 nitrogen and oxygen atoms in total. The first-order valence-corrected chi connectivity index (χ1v) is 12.0. The smallest absolute Gasteiger partial charge is 0.0423 e. The average Bonchev–Trinajstić information content (AvgIpc) is 2.94. The summed E-state index contributed by atoms with van der Waals surface area (Å²) in [6, 6.07) is 50.4. The second kappa shape index (κ2) is 9.53. The molecule has 0 radical (unpaired) electrons. The SMILES string of the molecule is CC(c1ccccc1)c1cccc(-c2ccc(C(C)(c3ccccc3)c3ccccc3)cc2)c1. The van der Waals surface area contributed by atoms with Crippen LogP contribution in [0.1, 0.15) is 47.6 Å². The van der Waals surface area contributed by atoms with Gasteiger partial charge in [-0.2, -0.15) is 0 Å². The van der Waals surface area contributed by atoms with E-state index in [0.717, 1.165) is 0 Å². The molecule has 0 aliphatic carbocycles. The fraction of sp³-hybridized carbons (Fsp3) is 0.118. The minimum absolute atomic E-state index is 0.218. The fourth-order valence-corrected chi connectivity index (χ4v) is 4.96. The Morgan fingerprint density at radius 2 is 0.912 bits per heavy atom. The fourth-order valence-electron chi connectivity index (χ4n) is 4.96. The zero-order valence-electron chi connectivity index (χ0n) is 19.9. The summed E-state index contributed by atoms with van der Waals surface area (Å²) in [5.41, 5.74) is 8.86. The van der Waals surface area contributed by atoms with Crippen LogP contribution in [0, 0.1) is 0 Å². The van der Waals surface area contributed by atoms with Crippen molar-refractivity contribution in [2.45, 2.75) is 25.2 Å². The molecule has 0 heterocycles. The summed E-state index contributed by atoms with van der Waals surface area (Å²) in [6.45, 7) is 4.61. The predicted molar refractivity (Wildman–Crippen MR) is 144 cm³/mol. The van der Waals surface area contributed by atoms with Crippen LogP contribution < -0.4 is 0 Å². The third kappa shape index (κ3) is 4.20. The molecule has 5 rings (SSSR count). The van der Waals surface area contributed by atoms with Crippen LogP contribution in [-0.2, 0) is 5.41 Å². The maximum absolute atomic E-state index is 2.33. The van der Waals surface area contributed by atoms with E-state index in [1.165, 1.54) is 38.9 Å². The molecule has 166 valence electrons. The van der Waals surface area contributed by atoms with Crippen LogP contribution in [0.15, 0.2) is 140 Å². The molecule has 1 atom stereocenters. The summed E-state index contributed by atoms with van der Waals surface area (Å²) in [7, 11) is 0. The van der Waals surface area contributed by atoms with E-state index in [-0.39, 0.29) is 5.41 Å². The summed E-state index contributed by atoms with van der Waals surface area (Å²) in [6.07, 6.45) is 0. The average molecular weight is 439 g/mol. The first kappa shape index (κ1) is 21.9. The lowest BCUT2D eigenvalue weighted by Crippen LogP contribution is -2.25. The van der Waals surface area contributed by atoms with E-state index in [4.69, 9.17) is 0 Å². The molecule has 1 unspecified atom stereocenters. The molecule has 0 saturated heterocycles. The van der Waals surface area contributed by atoms with Crippen LogP contribution in [0.25, 0.3) is 11.1 Å². The van der Waals surface area contributed by atoms with Crippen molar-refractivity contribution in [2.75, 3.05) is 0 Å². The Bertz CT molecular complexity index is 1290. The highest BCUT2D eigenvalue weighted by molar-refractivity contribution is 5.66. The lowest BCUT2D eigenvalue weighted by Gasteiger charge is -2.32. The quantitative estimate of drug-likeness (QED) is 0.232.